The van der Waals surface area contributed by atoms with Gasteiger partial charge in [-0.15, -0.1) is 0 Å². The van der Waals surface area contributed by atoms with Crippen LogP contribution in [0.4, 0.5) is 0 Å². The van der Waals surface area contributed by atoms with Crippen molar-refractivity contribution < 1.29 is 9.47 Å². The van der Waals surface area contributed by atoms with Gasteiger partial charge in [0.15, 0.2) is 11.5 Å². The Morgan fingerprint density at radius 3 is 2.68 bits per heavy atom. The molecule has 0 unspecified atom stereocenters. The monoisotopic (exact) mass is 327 g/mol. The molecule has 0 aromatic heterocycles. The third-order valence-corrected chi connectivity index (χ3v) is 4.13. The molecule has 4 heteroatoms. The summed E-state index contributed by atoms with van der Waals surface area (Å²) in [6.45, 7) is 0.957. The Balaban J connectivity index is 2.16. The summed E-state index contributed by atoms with van der Waals surface area (Å²) in [5, 5.41) is 3.16. The third-order valence-electron chi connectivity index (χ3n) is 3.54. The van der Waals surface area contributed by atoms with Gasteiger partial charge in [0.05, 0.1) is 17.7 Å². The number of rotatable bonds is 6. The van der Waals surface area contributed by atoms with Crippen LogP contribution in [0.15, 0.2) is 16.6 Å². The van der Waals surface area contributed by atoms with E-state index in [0.717, 1.165) is 41.8 Å². The molecule has 1 aromatic carbocycles. The lowest BCUT2D eigenvalue weighted by Gasteiger charge is -2.18. The average Bonchev–Trinajstić information content (AvgIpc) is 2.91. The first kappa shape index (κ1) is 14.7. The molecule has 0 bridgehead atoms. The molecule has 106 valence electrons. The number of halogens is 1. The quantitative estimate of drug-likeness (QED) is 0.866. The summed E-state index contributed by atoms with van der Waals surface area (Å²) < 4.78 is 12.6. The molecule has 2 rings (SSSR count). The summed E-state index contributed by atoms with van der Waals surface area (Å²) >= 11 is 3.61. The van der Waals surface area contributed by atoms with E-state index in [1.54, 1.807) is 7.11 Å². The molecule has 0 heterocycles. The lowest BCUT2D eigenvalue weighted by molar-refractivity contribution is 0.199. The number of nitrogens with one attached hydrogen (secondary N) is 1. The van der Waals surface area contributed by atoms with Gasteiger partial charge in [-0.05, 0) is 79.3 Å². The summed E-state index contributed by atoms with van der Waals surface area (Å²) in [6, 6.07) is 4.20. The maximum atomic E-state index is 6.10. The van der Waals surface area contributed by atoms with E-state index in [2.05, 4.69) is 33.4 Å². The van der Waals surface area contributed by atoms with E-state index in [9.17, 15) is 0 Å². The highest BCUT2D eigenvalue weighted by molar-refractivity contribution is 9.10. The maximum Gasteiger partial charge on any atom is 0.175 e. The van der Waals surface area contributed by atoms with E-state index in [1.807, 2.05) is 7.05 Å². The van der Waals surface area contributed by atoms with Crippen molar-refractivity contribution in [2.45, 2.75) is 38.2 Å². The van der Waals surface area contributed by atoms with Crippen molar-refractivity contribution in [1.82, 2.24) is 5.32 Å². The number of benzene rings is 1. The van der Waals surface area contributed by atoms with Gasteiger partial charge in [0.25, 0.3) is 0 Å². The van der Waals surface area contributed by atoms with Crippen LogP contribution >= 0.6 is 15.9 Å². The van der Waals surface area contributed by atoms with Crippen LogP contribution in [-0.4, -0.2) is 26.8 Å². The van der Waals surface area contributed by atoms with Crippen LogP contribution in [-0.2, 0) is 6.42 Å². The van der Waals surface area contributed by atoms with Crippen molar-refractivity contribution >= 4 is 15.9 Å². The highest BCUT2D eigenvalue weighted by Crippen LogP contribution is 2.39. The number of ether oxygens (including phenoxy) is 2. The van der Waals surface area contributed by atoms with E-state index in [4.69, 9.17) is 9.47 Å². The molecule has 1 fully saturated rings. The second-order valence-electron chi connectivity index (χ2n) is 4.99. The number of likely N-dealkylation sites (N-methyl/N-ethyl adjacent to an activating group) is 1. The van der Waals surface area contributed by atoms with E-state index in [0.29, 0.717) is 6.10 Å². The van der Waals surface area contributed by atoms with Gasteiger partial charge in [0.1, 0.15) is 0 Å². The lowest BCUT2D eigenvalue weighted by atomic mass is 10.1. The normalized spacial score (nSPS) is 15.7. The largest absolute Gasteiger partial charge is 0.493 e. The Hall–Kier alpha value is -0.740. The molecule has 19 heavy (non-hydrogen) atoms. The fourth-order valence-electron chi connectivity index (χ4n) is 2.47. The van der Waals surface area contributed by atoms with Gasteiger partial charge in [-0.25, -0.2) is 0 Å². The summed E-state index contributed by atoms with van der Waals surface area (Å²) in [4.78, 5) is 0. The van der Waals surface area contributed by atoms with Gasteiger partial charge < -0.3 is 14.8 Å². The van der Waals surface area contributed by atoms with Crippen LogP contribution in [0.5, 0.6) is 11.5 Å². The molecule has 1 aliphatic rings. The molecule has 0 saturated heterocycles. The molecule has 3 nitrogen and oxygen atoms in total. The van der Waals surface area contributed by atoms with Gasteiger partial charge >= 0.3 is 0 Å². The zero-order valence-corrected chi connectivity index (χ0v) is 13.3. The van der Waals surface area contributed by atoms with Gasteiger partial charge in [0.2, 0.25) is 0 Å². The Kier molecular flexibility index (Phi) is 5.52. The fourth-order valence-corrected chi connectivity index (χ4v) is 3.06. The Labute approximate surface area is 123 Å². The van der Waals surface area contributed by atoms with Gasteiger partial charge in [0, 0.05) is 0 Å². The second-order valence-corrected chi connectivity index (χ2v) is 5.84. The Bertz CT molecular complexity index is 417. The zero-order valence-electron chi connectivity index (χ0n) is 11.7. The second kappa shape index (κ2) is 7.15. The topological polar surface area (TPSA) is 30.5 Å². The molecule has 0 atom stereocenters. The predicted octanol–water partition coefficient (Wildman–Crippen LogP) is 3.54. The van der Waals surface area contributed by atoms with E-state index in [-0.39, 0.29) is 0 Å². The molecule has 1 aromatic rings. The smallest absolute Gasteiger partial charge is 0.175 e. The maximum absolute atomic E-state index is 6.10. The van der Waals surface area contributed by atoms with Crippen LogP contribution in [0.2, 0.25) is 0 Å². The highest BCUT2D eigenvalue weighted by atomic mass is 79.9. The average molecular weight is 328 g/mol. The zero-order chi connectivity index (χ0) is 13.7. The summed E-state index contributed by atoms with van der Waals surface area (Å²) in [5.41, 5.74) is 1.25. The van der Waals surface area contributed by atoms with Gasteiger partial charge in [-0.1, -0.05) is 0 Å². The molecule has 0 aliphatic heterocycles. The van der Waals surface area contributed by atoms with Gasteiger partial charge in [-0.2, -0.15) is 0 Å². The highest BCUT2D eigenvalue weighted by Gasteiger charge is 2.20. The SMILES string of the molecule is CNCCc1cc(Br)c(OC2CCCC2)c(OC)c1. The van der Waals surface area contributed by atoms with Crippen molar-refractivity contribution in [1.29, 1.82) is 0 Å². The van der Waals surface area contributed by atoms with Crippen LogP contribution in [0, 0.1) is 0 Å². The molecule has 1 N–H and O–H groups in total. The molecule has 0 amide bonds. The van der Waals surface area contributed by atoms with Gasteiger partial charge in [-0.3, -0.25) is 0 Å². The van der Waals surface area contributed by atoms with Crippen molar-refractivity contribution in [3.05, 3.63) is 22.2 Å². The minimum absolute atomic E-state index is 0.341. The molecular weight excluding hydrogens is 306 g/mol. The van der Waals surface area contributed by atoms with Crippen molar-refractivity contribution in [3.8, 4) is 11.5 Å². The first-order chi connectivity index (χ1) is 9.24. The van der Waals surface area contributed by atoms with Crippen LogP contribution in [0.3, 0.4) is 0 Å². The number of methoxy groups -OCH3 is 1. The van der Waals surface area contributed by atoms with Crippen molar-refractivity contribution in [3.63, 3.8) is 0 Å². The molecule has 1 aliphatic carbocycles. The number of hydrogen-bond acceptors (Lipinski definition) is 3. The Morgan fingerprint density at radius 1 is 1.32 bits per heavy atom. The minimum atomic E-state index is 0.341. The van der Waals surface area contributed by atoms with E-state index < -0.39 is 0 Å². The van der Waals surface area contributed by atoms with Crippen LogP contribution in [0.1, 0.15) is 31.2 Å². The molecule has 1 saturated carbocycles. The molecule has 0 radical (unpaired) electrons. The summed E-state index contributed by atoms with van der Waals surface area (Å²) in [7, 11) is 3.66. The van der Waals surface area contributed by atoms with Crippen LogP contribution < -0.4 is 14.8 Å². The number of hydrogen-bond donors (Lipinski definition) is 1. The lowest BCUT2D eigenvalue weighted by Crippen LogP contribution is -2.13. The predicted molar refractivity (Wildman–Crippen MR) is 81.2 cm³/mol. The summed E-state index contributed by atoms with van der Waals surface area (Å²) in [6.07, 6.45) is 6.16. The first-order valence-corrected chi connectivity index (χ1v) is 7.71. The minimum Gasteiger partial charge on any atom is -0.493 e. The van der Waals surface area contributed by atoms with E-state index in [1.165, 1.54) is 18.4 Å². The first-order valence-electron chi connectivity index (χ1n) is 6.92. The van der Waals surface area contributed by atoms with E-state index >= 15 is 0 Å². The van der Waals surface area contributed by atoms with Crippen LogP contribution in [0.25, 0.3) is 0 Å². The van der Waals surface area contributed by atoms with Crippen molar-refractivity contribution in [2.75, 3.05) is 20.7 Å². The van der Waals surface area contributed by atoms with Crippen molar-refractivity contribution in [2.24, 2.45) is 0 Å². The molecule has 0 spiro atoms. The summed E-state index contributed by atoms with van der Waals surface area (Å²) in [5.74, 6) is 1.68. The standard InChI is InChI=1S/C15H22BrNO2/c1-17-8-7-11-9-13(16)15(14(10-11)18-2)19-12-5-3-4-6-12/h9-10,12,17H,3-8H2,1-2H3. The third kappa shape index (κ3) is 3.86. The Morgan fingerprint density at radius 2 is 2.05 bits per heavy atom. The molecular formula is C15H22BrNO2. The fraction of sp³-hybridized carbons (Fsp3) is 0.600.